The Morgan fingerprint density at radius 3 is 2.04 bits per heavy atom. The number of nitrogens with one attached hydrogen (secondary N) is 1. The molecule has 0 aliphatic rings. The molecule has 0 bridgehead atoms. The van der Waals surface area contributed by atoms with E-state index in [-0.39, 0.29) is 11.3 Å². The molecule has 3 N–H and O–H groups in total. The maximum atomic E-state index is 12.2. The minimum absolute atomic E-state index is 0.0791. The Balaban J connectivity index is 2.30. The second kappa shape index (κ2) is 7.30. The molecule has 0 aliphatic carbocycles. The highest BCUT2D eigenvalue weighted by molar-refractivity contribution is 7.52. The first-order valence-electron chi connectivity index (χ1n) is 7.10. The van der Waals surface area contributed by atoms with E-state index in [9.17, 15) is 23.1 Å². The molecule has 2 aromatic carbocycles. The van der Waals surface area contributed by atoms with Gasteiger partial charge in [0.2, 0.25) is 0 Å². The van der Waals surface area contributed by atoms with Crippen LogP contribution in [0.3, 0.4) is 0 Å². The fourth-order valence-corrected chi connectivity index (χ4v) is 3.29. The van der Waals surface area contributed by atoms with Crippen LogP contribution in [0.1, 0.15) is 22.5 Å². The fraction of sp³-hybridized carbons (Fsp3) is 0.250. The van der Waals surface area contributed by atoms with Gasteiger partial charge in [0, 0.05) is 5.69 Å². The number of anilines is 1. The Labute approximate surface area is 138 Å². The monoisotopic (exact) mass is 357 g/mol. The quantitative estimate of drug-likeness (QED) is 0.676. The second-order valence-corrected chi connectivity index (χ2v) is 7.15. The standard InChI is InChI=1S/C16H18F2NO4P/c1-10-7-11(2)9-13(8-10)19-15(24(20,21)22)12-3-5-14(6-4-12)23-16(17)18/h3-9,15-16,19H,1-2H3,(H2,20,21,22)/t15-/m0/s1. The van der Waals surface area contributed by atoms with Gasteiger partial charge in [-0.2, -0.15) is 8.78 Å². The maximum Gasteiger partial charge on any atom is 0.387 e. The number of rotatable bonds is 6. The molecule has 5 nitrogen and oxygen atoms in total. The molecule has 8 heteroatoms. The molecule has 2 aromatic rings. The molecule has 0 unspecified atom stereocenters. The normalized spacial score (nSPS) is 13.0. The van der Waals surface area contributed by atoms with Crippen LogP contribution in [0.25, 0.3) is 0 Å². The lowest BCUT2D eigenvalue weighted by atomic mass is 10.1. The summed E-state index contributed by atoms with van der Waals surface area (Å²) in [7, 11) is -4.54. The van der Waals surface area contributed by atoms with E-state index in [1.165, 1.54) is 24.3 Å². The van der Waals surface area contributed by atoms with Gasteiger partial charge in [-0.1, -0.05) is 18.2 Å². The number of hydrogen-bond acceptors (Lipinski definition) is 3. The van der Waals surface area contributed by atoms with Gasteiger partial charge < -0.3 is 19.8 Å². The first-order valence-corrected chi connectivity index (χ1v) is 8.78. The van der Waals surface area contributed by atoms with Gasteiger partial charge in [-0.05, 0) is 54.8 Å². The van der Waals surface area contributed by atoms with Crippen LogP contribution in [0, 0.1) is 13.8 Å². The largest absolute Gasteiger partial charge is 0.435 e. The highest BCUT2D eigenvalue weighted by Crippen LogP contribution is 2.51. The zero-order valence-corrected chi connectivity index (χ0v) is 14.0. The van der Waals surface area contributed by atoms with Crippen LogP contribution in [-0.4, -0.2) is 16.4 Å². The first-order chi connectivity index (χ1) is 11.1. The van der Waals surface area contributed by atoms with Gasteiger partial charge in [-0.15, -0.1) is 0 Å². The highest BCUT2D eigenvalue weighted by Gasteiger charge is 2.30. The summed E-state index contributed by atoms with van der Waals surface area (Å²) in [5.41, 5.74) is 2.73. The van der Waals surface area contributed by atoms with Crippen molar-refractivity contribution in [2.24, 2.45) is 0 Å². The maximum absolute atomic E-state index is 12.2. The van der Waals surface area contributed by atoms with Crippen molar-refractivity contribution < 1.29 is 27.9 Å². The van der Waals surface area contributed by atoms with Crippen molar-refractivity contribution >= 4 is 13.3 Å². The smallest absolute Gasteiger partial charge is 0.387 e. The zero-order chi connectivity index (χ0) is 17.9. The Kier molecular flexibility index (Phi) is 5.59. The molecule has 24 heavy (non-hydrogen) atoms. The predicted octanol–water partition coefficient (Wildman–Crippen LogP) is 4.19. The van der Waals surface area contributed by atoms with Crippen molar-refractivity contribution in [3.63, 3.8) is 0 Å². The van der Waals surface area contributed by atoms with Gasteiger partial charge in [-0.25, -0.2) is 0 Å². The van der Waals surface area contributed by atoms with E-state index in [0.717, 1.165) is 11.1 Å². The topological polar surface area (TPSA) is 78.8 Å². The molecule has 0 amide bonds. The van der Waals surface area contributed by atoms with Crippen LogP contribution in [0.2, 0.25) is 0 Å². The van der Waals surface area contributed by atoms with E-state index in [0.29, 0.717) is 5.69 Å². The lowest BCUT2D eigenvalue weighted by Crippen LogP contribution is -2.12. The summed E-state index contributed by atoms with van der Waals surface area (Å²) in [4.78, 5) is 19.3. The molecule has 0 aromatic heterocycles. The van der Waals surface area contributed by atoms with Crippen LogP contribution in [0.5, 0.6) is 5.75 Å². The van der Waals surface area contributed by atoms with Gasteiger partial charge in [0.05, 0.1) is 0 Å². The highest BCUT2D eigenvalue weighted by atomic mass is 31.2. The SMILES string of the molecule is Cc1cc(C)cc(N[C@H](c2ccc(OC(F)F)cc2)P(=O)(O)O)c1. The summed E-state index contributed by atoms with van der Waals surface area (Å²) in [5, 5.41) is 2.83. The van der Waals surface area contributed by atoms with Crippen molar-refractivity contribution in [3.05, 3.63) is 59.2 Å². The van der Waals surface area contributed by atoms with E-state index in [1.807, 2.05) is 19.9 Å². The molecule has 0 heterocycles. The summed E-state index contributed by atoms with van der Waals surface area (Å²) in [6.45, 7) is 0.796. The predicted molar refractivity (Wildman–Crippen MR) is 87.4 cm³/mol. The molecule has 130 valence electrons. The number of ether oxygens (including phenoxy) is 1. The van der Waals surface area contributed by atoms with Gasteiger partial charge in [0.1, 0.15) is 5.75 Å². The summed E-state index contributed by atoms with van der Waals surface area (Å²) >= 11 is 0. The van der Waals surface area contributed by atoms with Gasteiger partial charge >= 0.3 is 14.2 Å². The third-order valence-corrected chi connectivity index (χ3v) is 4.38. The van der Waals surface area contributed by atoms with Crippen LogP contribution < -0.4 is 10.1 Å². The van der Waals surface area contributed by atoms with E-state index < -0.39 is 20.0 Å². The Bertz CT molecular complexity index is 726. The summed E-state index contributed by atoms with van der Waals surface area (Å²) in [6.07, 6.45) is 0. The third kappa shape index (κ3) is 5.03. The number of benzene rings is 2. The molecule has 0 saturated carbocycles. The minimum Gasteiger partial charge on any atom is -0.435 e. The van der Waals surface area contributed by atoms with Crippen molar-refractivity contribution in [2.75, 3.05) is 5.32 Å². The molecule has 0 radical (unpaired) electrons. The van der Waals surface area contributed by atoms with Crippen molar-refractivity contribution in [1.29, 1.82) is 0 Å². The Hall–Kier alpha value is -1.95. The van der Waals surface area contributed by atoms with E-state index >= 15 is 0 Å². The van der Waals surface area contributed by atoms with Crippen LogP contribution in [0.4, 0.5) is 14.5 Å². The van der Waals surface area contributed by atoms with Crippen molar-refractivity contribution in [2.45, 2.75) is 26.2 Å². The molecular formula is C16H18F2NO4P. The summed E-state index contributed by atoms with van der Waals surface area (Å²) in [5.74, 6) is -1.37. The summed E-state index contributed by atoms with van der Waals surface area (Å²) < 4.78 is 40.4. The average molecular weight is 357 g/mol. The zero-order valence-electron chi connectivity index (χ0n) is 13.1. The van der Waals surface area contributed by atoms with Gasteiger partial charge in [0.25, 0.3) is 0 Å². The van der Waals surface area contributed by atoms with Gasteiger partial charge in [-0.3, -0.25) is 4.57 Å². The lowest BCUT2D eigenvalue weighted by Gasteiger charge is -2.22. The molecular weight excluding hydrogens is 339 g/mol. The molecule has 1 atom stereocenters. The van der Waals surface area contributed by atoms with Crippen LogP contribution >= 0.6 is 7.60 Å². The average Bonchev–Trinajstić information content (AvgIpc) is 2.43. The Morgan fingerprint density at radius 2 is 1.58 bits per heavy atom. The number of aryl methyl sites for hydroxylation is 2. The second-order valence-electron chi connectivity index (χ2n) is 5.46. The molecule has 0 aliphatic heterocycles. The Morgan fingerprint density at radius 1 is 1.04 bits per heavy atom. The first kappa shape index (κ1) is 18.4. The van der Waals surface area contributed by atoms with Crippen molar-refractivity contribution in [3.8, 4) is 5.75 Å². The van der Waals surface area contributed by atoms with Crippen LogP contribution in [-0.2, 0) is 4.57 Å². The molecule has 2 rings (SSSR count). The van der Waals surface area contributed by atoms with Crippen LogP contribution in [0.15, 0.2) is 42.5 Å². The number of halogens is 2. The third-order valence-electron chi connectivity index (χ3n) is 3.28. The number of alkyl halides is 2. The van der Waals surface area contributed by atoms with Gasteiger partial charge in [0.15, 0.2) is 5.78 Å². The molecule has 0 spiro atoms. The molecule has 0 saturated heterocycles. The van der Waals surface area contributed by atoms with E-state index in [1.54, 1.807) is 12.1 Å². The van der Waals surface area contributed by atoms with E-state index in [4.69, 9.17) is 0 Å². The summed E-state index contributed by atoms with van der Waals surface area (Å²) in [6, 6.07) is 10.6. The minimum atomic E-state index is -4.54. The fourth-order valence-electron chi connectivity index (χ4n) is 2.41. The molecule has 0 fully saturated rings. The lowest BCUT2D eigenvalue weighted by molar-refractivity contribution is -0.0498. The van der Waals surface area contributed by atoms with Crippen molar-refractivity contribution in [1.82, 2.24) is 0 Å². The number of hydrogen-bond donors (Lipinski definition) is 3. The van der Waals surface area contributed by atoms with E-state index in [2.05, 4.69) is 10.1 Å².